The molecule has 7 aliphatic heterocycles. The fourth-order valence-corrected chi connectivity index (χ4v) is 13.0. The zero-order valence-electron chi connectivity index (χ0n) is 88.3. The van der Waals surface area contributed by atoms with Crippen molar-refractivity contribution in [3.05, 3.63) is 23.2 Å². The molecular weight excluding hydrogens is 1870 g/mol. The van der Waals surface area contributed by atoms with Gasteiger partial charge in [0.15, 0.2) is 22.3 Å². The van der Waals surface area contributed by atoms with Gasteiger partial charge in [0, 0.05) is 81.1 Å². The van der Waals surface area contributed by atoms with E-state index >= 15 is 0 Å². The number of thiol groups is 1. The topological polar surface area (TPSA) is 518 Å². The van der Waals surface area contributed by atoms with E-state index in [9.17, 15) is 92.3 Å². The first-order chi connectivity index (χ1) is 59.5. The SMILES string of the molecule is C.CC(C)[C@H](C)C(=O)O.CC(C)[C@H](C)C(O)=C1C(=O)OC(C)(C)OC1=O.CC(C)[C@H]1C(=O)C(Br)CN1C(=O)OC(C)(C)C.CC(C)[C@H]1C(=O)CCN1C(=O)OC(C)(C)C.CC(C)[C@H]1C(O)=CC(=O)N1C(=O)OC(C)(C)C.CC(C)[C@H]1C(O)CC(=O)N1C(=O)OC(C)(C)C.CC(C)[C@H]1[C@@H](O)CCN1C(=O)OC(C)(C)C.CC1(C)OC(=O)CC(=O)O1.CCOC(C)=O.CS.NC(N)=S.[B].[B]C.[H-].[Na+]. The molecule has 6 saturated heterocycles. The quantitative estimate of drug-likeness (QED) is 0.00962. The Morgan fingerprint density at radius 2 is 0.889 bits per heavy atom. The smallest absolute Gasteiger partial charge is 1.00 e. The van der Waals surface area contributed by atoms with Crippen LogP contribution in [0.1, 0.15) is 291 Å². The number of cyclic esters (lactones) is 4. The minimum Gasteiger partial charge on any atom is -1.00 e. The summed E-state index contributed by atoms with van der Waals surface area (Å²) in [5, 5.41) is 47.5. The van der Waals surface area contributed by atoms with Crippen LogP contribution in [0.5, 0.6) is 0 Å². The predicted molar refractivity (Wildman–Crippen MR) is 523 cm³/mol. The van der Waals surface area contributed by atoms with Crippen molar-refractivity contribution in [1.29, 1.82) is 0 Å². The van der Waals surface area contributed by atoms with Gasteiger partial charge < -0.3 is 90.7 Å². The minimum atomic E-state index is -1.28. The average molecular weight is 2040 g/mol. The van der Waals surface area contributed by atoms with Crippen molar-refractivity contribution in [1.82, 2.24) is 24.5 Å². The average Bonchev–Trinajstić information content (AvgIpc) is 1.22. The van der Waals surface area contributed by atoms with Gasteiger partial charge in [-0.3, -0.25) is 48.2 Å². The monoisotopic (exact) mass is 2040 g/mol. The third kappa shape index (κ3) is 56.4. The predicted octanol–water partition coefficient (Wildman–Crippen LogP) is 12.0. The number of carboxylic acid groups (broad SMARTS) is 1. The van der Waals surface area contributed by atoms with Crippen LogP contribution in [0.25, 0.3) is 0 Å². The number of imide groups is 2. The number of hydrogen-bond donors (Lipinski definition) is 8. The normalized spacial score (nSPS) is 20.6. The van der Waals surface area contributed by atoms with E-state index in [4.69, 9.17) is 38.3 Å². The van der Waals surface area contributed by atoms with Gasteiger partial charge in [0.05, 0.1) is 68.0 Å². The molecule has 7 heterocycles. The molecule has 2 unspecified atom stereocenters. The Bertz CT molecular complexity index is 3790. The van der Waals surface area contributed by atoms with E-state index < -0.39 is 123 Å². The van der Waals surface area contributed by atoms with Crippen molar-refractivity contribution in [3.8, 4) is 0 Å². The zero-order chi connectivity index (χ0) is 106. The third-order valence-electron chi connectivity index (χ3n) is 18.3. The minimum absolute atomic E-state index is 0. The zero-order valence-corrected chi connectivity index (χ0v) is 92.6. The molecule has 37 nitrogen and oxygen atoms in total. The molecule has 7 aliphatic rings. The maximum Gasteiger partial charge on any atom is 1.00 e. The number of ether oxygens (including phenoxy) is 10. The van der Waals surface area contributed by atoms with E-state index in [1.165, 1.54) is 46.3 Å². The van der Waals surface area contributed by atoms with Crippen molar-refractivity contribution < 1.29 is 176 Å². The number of nitrogens with zero attached hydrogens (tertiary/aromatic N) is 5. The van der Waals surface area contributed by atoms with Gasteiger partial charge >= 0.3 is 95.8 Å². The Labute approximate surface area is 849 Å². The molecule has 0 aromatic heterocycles. The summed E-state index contributed by atoms with van der Waals surface area (Å²) in [5.41, 5.74) is 6.00. The van der Waals surface area contributed by atoms with Gasteiger partial charge in [0.1, 0.15) is 52.0 Å². The van der Waals surface area contributed by atoms with E-state index in [2.05, 4.69) is 74.3 Å². The van der Waals surface area contributed by atoms with Crippen LogP contribution in [-0.4, -0.2) is 280 Å². The first kappa shape index (κ1) is 143. The summed E-state index contributed by atoms with van der Waals surface area (Å²) in [6, 6.07) is -1.92. The summed E-state index contributed by atoms with van der Waals surface area (Å²) >= 11 is 10.9. The van der Waals surface area contributed by atoms with Crippen LogP contribution in [0.4, 0.5) is 24.0 Å². The summed E-state index contributed by atoms with van der Waals surface area (Å²) in [7, 11) is 4.50. The standard InChI is InChI=1S/C12H20BrNO3.C12H21NO4.C12H19NO4.C12H23NO3.C12H21NO3.C12H18O5.C6H8O4.C6H12O2.C4H8O2.CH3B.CH4N2S.CH4S.CH4.B.Na.H/c1-7(2)9-10(15)8(13)6-14(9)11(16)17-12(3,4)5;2*1-7(2)10-8(14)6-9(15)13(10)11(16)17-12(3,4)5;2*1-8(2)10-9(14)6-7-13(10)11(15)16-12(3,4)5;1-6(2)7(3)9(13)8-10(14)16-12(4,5)17-11(8)15;1-6(2)9-4(7)3-5(8)10-6;1-4(2)5(3)6(7)8;1-3-6-4(2)5;1-2;2-1(3)4;1-2;;;;/h7-9H,6H2,1-5H3;7-8,10,14H,6H2,1-5H3;6-7,10,14H,1-5H3;8-10,14H,6-7H2,1-5H3;8,10H,6-7H2,1-5H3;6-7,13H,1-5H3;3H2,1-2H3;4-5H,1-3H3,(H,7,8);3H2,1-2H3;1H3;(H4,2,3,4);2H,1H3;1H4;;;/q;;;;;;;;;;;;;;+1;-1/t8?,9-;8?,10-;10-;9-,10-;10-;7-;;5-;;;;;;;;/m000000.0......../s1. The first-order valence-electron chi connectivity index (χ1n) is 43.9. The molecule has 6 fully saturated rings. The summed E-state index contributed by atoms with van der Waals surface area (Å²) in [6.07, 6.45) is -0.155. The van der Waals surface area contributed by atoms with E-state index in [1.807, 2.05) is 159 Å². The van der Waals surface area contributed by atoms with Gasteiger partial charge in [-0.25, -0.2) is 43.4 Å². The number of nitrogens with two attached hydrogens (primary N) is 2. The van der Waals surface area contributed by atoms with E-state index in [1.54, 1.807) is 78.4 Å². The second kappa shape index (κ2) is 64.0. The number of Topliss-reactive ketones (excluding diaryl/α,β-unsaturated/α-hetero) is 2. The van der Waals surface area contributed by atoms with Crippen molar-refractivity contribution in [2.45, 2.75) is 383 Å². The van der Waals surface area contributed by atoms with Gasteiger partial charge in [-0.15, -0.1) is 0 Å². The summed E-state index contributed by atoms with van der Waals surface area (Å²) in [5.74, 6) is -6.83. The molecule has 7 rings (SSSR count). The van der Waals surface area contributed by atoms with Gasteiger partial charge in [-0.1, -0.05) is 141 Å². The van der Waals surface area contributed by atoms with Crippen LogP contribution in [0, 0.1) is 53.3 Å². The molecule has 135 heavy (non-hydrogen) atoms. The number of allylic oxidation sites excluding steroid dienone is 1. The molecule has 0 aromatic carbocycles. The Morgan fingerprint density at radius 3 is 1.19 bits per heavy atom. The van der Waals surface area contributed by atoms with E-state index in [0.717, 1.165) is 15.9 Å². The maximum atomic E-state index is 12.0. The second-order valence-electron chi connectivity index (χ2n) is 39.4. The number of thiocarbonyl (C=S) groups is 1. The number of aliphatic carboxylic acids is 1. The van der Waals surface area contributed by atoms with Crippen molar-refractivity contribution in [3.63, 3.8) is 0 Å². The van der Waals surface area contributed by atoms with Gasteiger partial charge in [-0.2, -0.15) is 12.6 Å². The molecule has 10 atom stereocenters. The Morgan fingerprint density at radius 1 is 0.548 bits per heavy atom. The number of esters is 5. The van der Waals surface area contributed by atoms with Gasteiger partial charge in [0.2, 0.25) is 5.91 Å². The number of ketones is 2. The largest absolute Gasteiger partial charge is 1.00 e. The second-order valence-corrected chi connectivity index (χ2v) is 41.0. The van der Waals surface area contributed by atoms with Crippen LogP contribution in [0.15, 0.2) is 23.2 Å². The third-order valence-corrected chi connectivity index (χ3v) is 19.0. The fraction of sp³-hybridized carbons (Fsp3) is 0.783. The van der Waals surface area contributed by atoms with Crippen LogP contribution < -0.4 is 41.0 Å². The fourth-order valence-electron chi connectivity index (χ4n) is 12.4. The molecule has 0 bridgehead atoms. The van der Waals surface area contributed by atoms with Crippen LogP contribution in [-0.2, 0) is 95.3 Å². The van der Waals surface area contributed by atoms with Crippen molar-refractivity contribution >= 4 is 152 Å². The number of likely N-dealkylation sites (tertiary alicyclic amines) is 4. The molecule has 0 saturated carbocycles. The number of hydrogen-bond acceptors (Lipinski definition) is 31. The molecule has 775 valence electrons. The molecule has 43 heteroatoms. The summed E-state index contributed by atoms with van der Waals surface area (Å²) < 4.78 is 49.8. The van der Waals surface area contributed by atoms with Crippen LogP contribution in [0.2, 0.25) is 6.82 Å². The molecule has 5 radical (unpaired) electrons. The number of alkyl halides is 1. The van der Waals surface area contributed by atoms with Crippen LogP contribution in [0.3, 0.4) is 0 Å². The molecule has 0 spiro atoms. The Balaban J connectivity index is -0.000000190. The first-order valence-corrected chi connectivity index (χ1v) is 46.1. The number of rotatable bonds is 10. The van der Waals surface area contributed by atoms with E-state index in [-0.39, 0.29) is 188 Å². The number of aliphatic hydroxyl groups is 4. The summed E-state index contributed by atoms with van der Waals surface area (Å²) in [6.45, 7) is 69.6. The molecule has 7 amide bonds. The number of halogens is 1. The molecule has 9 N–H and O–H groups in total. The van der Waals surface area contributed by atoms with Crippen molar-refractivity contribution in [2.75, 3.05) is 32.5 Å². The van der Waals surface area contributed by atoms with Gasteiger partial charge in [0.25, 0.3) is 17.5 Å². The number of carboxylic acids is 1. The molecule has 0 aromatic rings. The molecular formula is C92H166B2BrN7NaO30S2. The Kier molecular flexibility index (Phi) is 67.7. The Hall–Kier alpha value is -7.50. The number of aliphatic hydroxyl groups excluding tert-OH is 4. The number of carbonyl (C=O) groups is 15. The van der Waals surface area contributed by atoms with Crippen molar-refractivity contribution in [2.24, 2.45) is 64.7 Å². The number of amides is 7. The molecule has 0 aliphatic carbocycles. The maximum absolute atomic E-state index is 12.0. The van der Waals surface area contributed by atoms with Gasteiger partial charge in [-0.05, 0) is 177 Å². The number of carbonyl (C=O) groups excluding carboxylic acids is 14. The van der Waals surface area contributed by atoms with E-state index in [0.29, 0.717) is 39.1 Å². The summed E-state index contributed by atoms with van der Waals surface area (Å²) in [4.78, 5) is 177. The van der Waals surface area contributed by atoms with Crippen LogP contribution >= 0.6 is 40.8 Å².